The summed E-state index contributed by atoms with van der Waals surface area (Å²) in [7, 11) is 0. The summed E-state index contributed by atoms with van der Waals surface area (Å²) >= 11 is 1.49. The standard InChI is InChI=1S/C15H17N3O3S/c1-4-15(3,14-17-9(2)8-22-14)18-12(19)11-7-10(13(20)21)5-6-16-11/h5-8H,4H2,1-3H3,(H,18,19)(H,20,21). The van der Waals surface area contributed by atoms with E-state index < -0.39 is 17.4 Å². The van der Waals surface area contributed by atoms with Crippen LogP contribution in [-0.2, 0) is 5.54 Å². The lowest BCUT2D eigenvalue weighted by Crippen LogP contribution is -2.43. The summed E-state index contributed by atoms with van der Waals surface area (Å²) in [5.74, 6) is -1.51. The topological polar surface area (TPSA) is 92.2 Å². The number of carboxylic acid groups (broad SMARTS) is 1. The maximum Gasteiger partial charge on any atom is 0.335 e. The molecule has 0 aliphatic rings. The Morgan fingerprint density at radius 1 is 1.45 bits per heavy atom. The van der Waals surface area contributed by atoms with Gasteiger partial charge in [-0.1, -0.05) is 6.92 Å². The summed E-state index contributed by atoms with van der Waals surface area (Å²) in [6.45, 7) is 5.75. The number of pyridine rings is 1. The number of rotatable bonds is 5. The summed E-state index contributed by atoms with van der Waals surface area (Å²) < 4.78 is 0. The predicted octanol–water partition coefficient (Wildman–Crippen LogP) is 2.60. The largest absolute Gasteiger partial charge is 0.478 e. The average Bonchev–Trinajstić information content (AvgIpc) is 2.94. The normalized spacial score (nSPS) is 13.4. The molecule has 0 aromatic carbocycles. The third kappa shape index (κ3) is 3.30. The molecule has 0 aliphatic heterocycles. The molecule has 2 aromatic heterocycles. The van der Waals surface area contributed by atoms with Gasteiger partial charge >= 0.3 is 5.97 Å². The molecule has 0 spiro atoms. The van der Waals surface area contributed by atoms with Crippen LogP contribution in [0.2, 0.25) is 0 Å². The Morgan fingerprint density at radius 2 is 2.18 bits per heavy atom. The molecule has 116 valence electrons. The van der Waals surface area contributed by atoms with E-state index in [0.717, 1.165) is 10.7 Å². The molecule has 2 rings (SSSR count). The van der Waals surface area contributed by atoms with E-state index in [2.05, 4.69) is 15.3 Å². The van der Waals surface area contributed by atoms with Gasteiger partial charge in [0.2, 0.25) is 0 Å². The molecule has 1 amide bonds. The van der Waals surface area contributed by atoms with Gasteiger partial charge in [-0.3, -0.25) is 9.78 Å². The fraction of sp³-hybridized carbons (Fsp3) is 0.333. The van der Waals surface area contributed by atoms with Gasteiger partial charge in [0.25, 0.3) is 5.91 Å². The van der Waals surface area contributed by atoms with Crippen molar-refractivity contribution in [2.24, 2.45) is 0 Å². The van der Waals surface area contributed by atoms with Crippen LogP contribution in [0, 0.1) is 6.92 Å². The number of carbonyl (C=O) groups excluding carboxylic acids is 1. The zero-order valence-electron chi connectivity index (χ0n) is 12.6. The van der Waals surface area contributed by atoms with Crippen LogP contribution in [0.3, 0.4) is 0 Å². The molecule has 7 heteroatoms. The zero-order valence-corrected chi connectivity index (χ0v) is 13.4. The molecule has 0 aliphatic carbocycles. The molecule has 6 nitrogen and oxygen atoms in total. The maximum absolute atomic E-state index is 12.4. The zero-order chi connectivity index (χ0) is 16.3. The number of aromatic carboxylic acids is 1. The molecular weight excluding hydrogens is 302 g/mol. The molecule has 2 aromatic rings. The van der Waals surface area contributed by atoms with E-state index in [1.165, 1.54) is 29.7 Å². The van der Waals surface area contributed by atoms with Crippen LogP contribution in [0.1, 0.15) is 51.8 Å². The summed E-state index contributed by atoms with van der Waals surface area (Å²) in [4.78, 5) is 31.7. The third-order valence-electron chi connectivity index (χ3n) is 3.43. The fourth-order valence-corrected chi connectivity index (χ4v) is 2.89. The number of hydrogen-bond donors (Lipinski definition) is 2. The number of nitrogens with one attached hydrogen (secondary N) is 1. The predicted molar refractivity (Wildman–Crippen MR) is 83.2 cm³/mol. The van der Waals surface area contributed by atoms with Crippen molar-refractivity contribution < 1.29 is 14.7 Å². The number of carbonyl (C=O) groups is 2. The van der Waals surface area contributed by atoms with Crippen molar-refractivity contribution in [1.82, 2.24) is 15.3 Å². The Balaban J connectivity index is 2.26. The van der Waals surface area contributed by atoms with Crippen molar-refractivity contribution in [2.75, 3.05) is 0 Å². The van der Waals surface area contributed by atoms with Crippen molar-refractivity contribution in [3.05, 3.63) is 45.7 Å². The van der Waals surface area contributed by atoms with E-state index in [0.29, 0.717) is 6.42 Å². The second kappa shape index (κ2) is 6.23. The lowest BCUT2D eigenvalue weighted by Gasteiger charge is -2.27. The van der Waals surface area contributed by atoms with Crippen molar-refractivity contribution in [3.63, 3.8) is 0 Å². The molecule has 1 atom stereocenters. The van der Waals surface area contributed by atoms with Crippen molar-refractivity contribution >= 4 is 23.2 Å². The Hall–Kier alpha value is -2.28. The number of aromatic nitrogens is 2. The second-order valence-electron chi connectivity index (χ2n) is 5.17. The summed E-state index contributed by atoms with van der Waals surface area (Å²) in [5, 5.41) is 14.6. The van der Waals surface area contributed by atoms with E-state index in [1.54, 1.807) is 0 Å². The van der Waals surface area contributed by atoms with E-state index in [9.17, 15) is 9.59 Å². The van der Waals surface area contributed by atoms with Gasteiger partial charge in [-0.15, -0.1) is 11.3 Å². The molecule has 22 heavy (non-hydrogen) atoms. The molecule has 0 fully saturated rings. The second-order valence-corrected chi connectivity index (χ2v) is 6.03. The molecule has 2 N–H and O–H groups in total. The van der Waals surface area contributed by atoms with Gasteiger partial charge < -0.3 is 10.4 Å². The highest BCUT2D eigenvalue weighted by atomic mass is 32.1. The van der Waals surface area contributed by atoms with Gasteiger partial charge in [-0.25, -0.2) is 9.78 Å². The number of carboxylic acids is 1. The van der Waals surface area contributed by atoms with Crippen LogP contribution in [0.5, 0.6) is 0 Å². The van der Waals surface area contributed by atoms with Crippen LogP contribution in [0.4, 0.5) is 0 Å². The minimum Gasteiger partial charge on any atom is -0.478 e. The number of nitrogens with zero attached hydrogens (tertiary/aromatic N) is 2. The van der Waals surface area contributed by atoms with Crippen LogP contribution in [0.25, 0.3) is 0 Å². The van der Waals surface area contributed by atoms with E-state index in [4.69, 9.17) is 5.11 Å². The molecule has 0 bridgehead atoms. The van der Waals surface area contributed by atoms with Gasteiger partial charge in [-0.2, -0.15) is 0 Å². The van der Waals surface area contributed by atoms with Gasteiger partial charge in [0, 0.05) is 17.3 Å². The van der Waals surface area contributed by atoms with Crippen LogP contribution in [0.15, 0.2) is 23.7 Å². The van der Waals surface area contributed by atoms with Gasteiger partial charge in [0.1, 0.15) is 10.7 Å². The molecule has 0 saturated heterocycles. The van der Waals surface area contributed by atoms with E-state index in [1.807, 2.05) is 26.2 Å². The summed E-state index contributed by atoms with van der Waals surface area (Å²) in [6.07, 6.45) is 1.97. The van der Waals surface area contributed by atoms with E-state index in [-0.39, 0.29) is 11.3 Å². The number of hydrogen-bond acceptors (Lipinski definition) is 5. The van der Waals surface area contributed by atoms with E-state index >= 15 is 0 Å². The molecule has 1 unspecified atom stereocenters. The smallest absolute Gasteiger partial charge is 0.335 e. The summed E-state index contributed by atoms with van der Waals surface area (Å²) in [6, 6.07) is 2.61. The SMILES string of the molecule is CCC(C)(NC(=O)c1cc(C(=O)O)ccn1)c1nc(C)cs1. The van der Waals surface area contributed by atoms with Gasteiger partial charge in [-0.05, 0) is 32.4 Å². The average molecular weight is 319 g/mol. The van der Waals surface area contributed by atoms with Crippen molar-refractivity contribution in [2.45, 2.75) is 32.7 Å². The first kappa shape index (κ1) is 16.1. The highest BCUT2D eigenvalue weighted by Gasteiger charge is 2.30. The highest BCUT2D eigenvalue weighted by molar-refractivity contribution is 7.09. The van der Waals surface area contributed by atoms with Crippen LogP contribution < -0.4 is 5.32 Å². The quantitative estimate of drug-likeness (QED) is 0.883. The Morgan fingerprint density at radius 3 is 2.73 bits per heavy atom. The lowest BCUT2D eigenvalue weighted by atomic mass is 9.99. The first-order valence-electron chi connectivity index (χ1n) is 6.80. The Labute approximate surface area is 132 Å². The molecule has 0 radical (unpaired) electrons. The minimum absolute atomic E-state index is 0.0310. The van der Waals surface area contributed by atoms with Crippen LogP contribution >= 0.6 is 11.3 Å². The first-order chi connectivity index (χ1) is 10.4. The van der Waals surface area contributed by atoms with Crippen molar-refractivity contribution in [1.29, 1.82) is 0 Å². The third-order valence-corrected chi connectivity index (χ3v) is 4.65. The van der Waals surface area contributed by atoms with Crippen LogP contribution in [-0.4, -0.2) is 27.0 Å². The van der Waals surface area contributed by atoms with Gasteiger partial charge in [0.15, 0.2) is 0 Å². The maximum atomic E-state index is 12.4. The first-order valence-corrected chi connectivity index (χ1v) is 7.68. The molecule has 0 saturated carbocycles. The molecular formula is C15H17N3O3S. The Bertz CT molecular complexity index is 714. The van der Waals surface area contributed by atoms with Crippen molar-refractivity contribution in [3.8, 4) is 0 Å². The lowest BCUT2D eigenvalue weighted by molar-refractivity contribution is 0.0696. The minimum atomic E-state index is -1.09. The number of amides is 1. The fourth-order valence-electron chi connectivity index (χ4n) is 1.90. The molecule has 2 heterocycles. The highest BCUT2D eigenvalue weighted by Crippen LogP contribution is 2.27. The number of aryl methyl sites for hydroxylation is 1. The Kier molecular flexibility index (Phi) is 4.56. The van der Waals surface area contributed by atoms with Gasteiger partial charge in [0.05, 0.1) is 11.1 Å². The number of thiazole rings is 1. The summed E-state index contributed by atoms with van der Waals surface area (Å²) in [5.41, 5.74) is 0.396. The monoisotopic (exact) mass is 319 g/mol.